The molecule has 0 atom stereocenters. The number of methoxy groups -OCH3 is 1. The normalized spacial score (nSPS) is 10.6. The molecule has 1 heterocycles. The van der Waals surface area contributed by atoms with E-state index in [0.29, 0.717) is 19.6 Å². The van der Waals surface area contributed by atoms with Crippen LogP contribution in [0.25, 0.3) is 10.9 Å². The summed E-state index contributed by atoms with van der Waals surface area (Å²) in [5.41, 5.74) is 3.25. The highest BCUT2D eigenvalue weighted by Gasteiger charge is 2.09. The molecule has 6 heteroatoms. The molecular formula is C22H24N2O4. The fourth-order valence-electron chi connectivity index (χ4n) is 2.94. The van der Waals surface area contributed by atoms with Crippen molar-refractivity contribution in [1.82, 2.24) is 10.3 Å². The lowest BCUT2D eigenvalue weighted by Gasteiger charge is -2.07. The lowest BCUT2D eigenvalue weighted by atomic mass is 10.1. The van der Waals surface area contributed by atoms with Crippen LogP contribution >= 0.6 is 0 Å². The van der Waals surface area contributed by atoms with E-state index in [0.717, 1.165) is 27.8 Å². The molecule has 3 aromatic rings. The van der Waals surface area contributed by atoms with Crippen molar-refractivity contribution in [1.29, 1.82) is 0 Å². The van der Waals surface area contributed by atoms with Crippen LogP contribution in [0.5, 0.6) is 5.75 Å². The first-order valence-electron chi connectivity index (χ1n) is 9.26. The van der Waals surface area contributed by atoms with Crippen molar-refractivity contribution in [3.63, 3.8) is 0 Å². The van der Waals surface area contributed by atoms with E-state index in [-0.39, 0.29) is 24.7 Å². The summed E-state index contributed by atoms with van der Waals surface area (Å²) in [5, 5.41) is 3.91. The van der Waals surface area contributed by atoms with Crippen molar-refractivity contribution in [2.24, 2.45) is 0 Å². The molecule has 0 aliphatic heterocycles. The molecule has 1 amide bonds. The Morgan fingerprint density at radius 1 is 1.07 bits per heavy atom. The zero-order valence-corrected chi connectivity index (χ0v) is 15.9. The van der Waals surface area contributed by atoms with E-state index in [4.69, 9.17) is 4.74 Å². The molecule has 0 saturated carbocycles. The molecule has 0 unspecified atom stereocenters. The fourth-order valence-corrected chi connectivity index (χ4v) is 2.94. The van der Waals surface area contributed by atoms with Crippen LogP contribution in [0.2, 0.25) is 0 Å². The van der Waals surface area contributed by atoms with Crippen LogP contribution < -0.4 is 10.1 Å². The number of H-pyrrole nitrogens is 1. The molecule has 6 nitrogen and oxygen atoms in total. The van der Waals surface area contributed by atoms with E-state index in [9.17, 15) is 9.59 Å². The summed E-state index contributed by atoms with van der Waals surface area (Å²) in [4.78, 5) is 26.1. The van der Waals surface area contributed by atoms with Gasteiger partial charge in [0.25, 0.3) is 0 Å². The van der Waals surface area contributed by atoms with Crippen molar-refractivity contribution in [3.05, 3.63) is 65.9 Å². The monoisotopic (exact) mass is 380 g/mol. The molecule has 28 heavy (non-hydrogen) atoms. The average Bonchev–Trinajstić information content (AvgIpc) is 3.13. The van der Waals surface area contributed by atoms with Gasteiger partial charge in [-0.3, -0.25) is 9.59 Å². The predicted molar refractivity (Wildman–Crippen MR) is 107 cm³/mol. The van der Waals surface area contributed by atoms with Crippen molar-refractivity contribution in [2.75, 3.05) is 13.7 Å². The number of aromatic amines is 1. The summed E-state index contributed by atoms with van der Waals surface area (Å²) in [6.45, 7) is 1.02. The molecule has 0 fully saturated rings. The minimum absolute atomic E-state index is 0.0948. The van der Waals surface area contributed by atoms with Gasteiger partial charge in [0.2, 0.25) is 5.91 Å². The number of hydrogen-bond acceptors (Lipinski definition) is 4. The minimum atomic E-state index is -0.380. The quantitative estimate of drug-likeness (QED) is 0.558. The van der Waals surface area contributed by atoms with Gasteiger partial charge < -0.3 is 19.8 Å². The van der Waals surface area contributed by atoms with E-state index in [1.807, 2.05) is 54.7 Å². The van der Waals surface area contributed by atoms with Gasteiger partial charge in [0, 0.05) is 30.1 Å². The van der Waals surface area contributed by atoms with Gasteiger partial charge in [-0.25, -0.2) is 0 Å². The summed E-state index contributed by atoms with van der Waals surface area (Å²) < 4.78 is 10.4. The van der Waals surface area contributed by atoms with Crippen LogP contribution in [0.4, 0.5) is 0 Å². The molecule has 146 valence electrons. The van der Waals surface area contributed by atoms with Gasteiger partial charge in [0.05, 0.1) is 13.5 Å². The maximum absolute atomic E-state index is 11.8. The summed E-state index contributed by atoms with van der Waals surface area (Å²) in [6.07, 6.45) is 2.87. The highest BCUT2D eigenvalue weighted by atomic mass is 16.5. The Labute approximate surface area is 163 Å². The Hall–Kier alpha value is -3.28. The highest BCUT2D eigenvalue weighted by Crippen LogP contribution is 2.24. The van der Waals surface area contributed by atoms with Crippen molar-refractivity contribution in [3.8, 4) is 5.75 Å². The number of aromatic nitrogens is 1. The first kappa shape index (κ1) is 19.5. The number of carbonyl (C=O) groups excluding carboxylic acids is 2. The second kappa shape index (κ2) is 9.60. The van der Waals surface area contributed by atoms with Crippen LogP contribution in [0, 0.1) is 0 Å². The zero-order chi connectivity index (χ0) is 19.8. The van der Waals surface area contributed by atoms with Gasteiger partial charge in [-0.1, -0.05) is 30.3 Å². The Morgan fingerprint density at radius 3 is 2.68 bits per heavy atom. The number of rotatable bonds is 9. The maximum atomic E-state index is 11.8. The molecular weight excluding hydrogens is 356 g/mol. The van der Waals surface area contributed by atoms with E-state index >= 15 is 0 Å². The number of carbonyl (C=O) groups is 2. The third kappa shape index (κ3) is 5.36. The number of nitrogens with one attached hydrogen (secondary N) is 2. The van der Waals surface area contributed by atoms with E-state index < -0.39 is 0 Å². The highest BCUT2D eigenvalue weighted by molar-refractivity contribution is 5.85. The number of esters is 1. The Morgan fingerprint density at radius 2 is 1.89 bits per heavy atom. The first-order chi connectivity index (χ1) is 13.7. The van der Waals surface area contributed by atoms with Crippen molar-refractivity contribution >= 4 is 22.8 Å². The molecule has 0 saturated heterocycles. The third-order valence-electron chi connectivity index (χ3n) is 4.49. The van der Waals surface area contributed by atoms with Crippen LogP contribution in [0.15, 0.2) is 54.7 Å². The Kier molecular flexibility index (Phi) is 6.68. The molecule has 1 aromatic heterocycles. The molecule has 2 N–H and O–H groups in total. The van der Waals surface area contributed by atoms with Crippen LogP contribution in [0.1, 0.15) is 24.0 Å². The number of amides is 1. The Balaban J connectivity index is 1.55. The number of fused-ring (bicyclic) bond motifs is 1. The maximum Gasteiger partial charge on any atom is 0.306 e. The predicted octanol–water partition coefficient (Wildman–Crippen LogP) is 3.36. The smallest absolute Gasteiger partial charge is 0.306 e. The zero-order valence-electron chi connectivity index (χ0n) is 15.9. The van der Waals surface area contributed by atoms with Crippen molar-refractivity contribution in [2.45, 2.75) is 25.9 Å². The number of hydrogen-bond donors (Lipinski definition) is 2. The number of benzene rings is 2. The molecule has 0 spiro atoms. The van der Waals surface area contributed by atoms with Crippen LogP contribution in [0.3, 0.4) is 0 Å². The summed E-state index contributed by atoms with van der Waals surface area (Å²) in [5.74, 6) is 0.270. The molecule has 0 bridgehead atoms. The molecule has 2 aromatic carbocycles. The summed E-state index contributed by atoms with van der Waals surface area (Å²) in [7, 11) is 1.31. The average molecular weight is 380 g/mol. The second-order valence-electron chi connectivity index (χ2n) is 6.47. The summed E-state index contributed by atoms with van der Waals surface area (Å²) in [6, 6.07) is 16.0. The van der Waals surface area contributed by atoms with Gasteiger partial charge in [-0.15, -0.1) is 0 Å². The number of ether oxygens (including phenoxy) is 2. The molecule has 0 radical (unpaired) electrons. The SMILES string of the molecule is COC(=O)CCC(=O)NCCc1c[nH]c2ccc(OCc3ccccc3)cc12. The van der Waals surface area contributed by atoms with Crippen molar-refractivity contribution < 1.29 is 19.1 Å². The molecule has 0 aliphatic carbocycles. The first-order valence-corrected chi connectivity index (χ1v) is 9.26. The fraction of sp³-hybridized carbons (Fsp3) is 0.273. The second-order valence-corrected chi connectivity index (χ2v) is 6.47. The van der Waals surface area contributed by atoms with E-state index in [1.165, 1.54) is 7.11 Å². The van der Waals surface area contributed by atoms with Gasteiger partial charge in [-0.2, -0.15) is 0 Å². The van der Waals surface area contributed by atoms with E-state index in [1.54, 1.807) is 0 Å². The van der Waals surface area contributed by atoms with Gasteiger partial charge >= 0.3 is 5.97 Å². The standard InChI is InChI=1S/C22H24N2O4/c1-27-22(26)10-9-21(25)23-12-11-17-14-24-20-8-7-18(13-19(17)20)28-15-16-5-3-2-4-6-16/h2-8,13-14,24H,9-12,15H2,1H3,(H,23,25). The summed E-state index contributed by atoms with van der Waals surface area (Å²) >= 11 is 0. The molecule has 3 rings (SSSR count). The minimum Gasteiger partial charge on any atom is -0.489 e. The topological polar surface area (TPSA) is 80.4 Å². The molecule has 0 aliphatic rings. The largest absolute Gasteiger partial charge is 0.489 e. The third-order valence-corrected chi connectivity index (χ3v) is 4.49. The van der Waals surface area contributed by atoms with Gasteiger partial charge in [0.1, 0.15) is 12.4 Å². The van der Waals surface area contributed by atoms with Crippen LogP contribution in [-0.2, 0) is 27.4 Å². The van der Waals surface area contributed by atoms with Crippen LogP contribution in [-0.4, -0.2) is 30.5 Å². The van der Waals surface area contributed by atoms with E-state index in [2.05, 4.69) is 15.0 Å². The Bertz CT molecular complexity index is 934. The lowest BCUT2D eigenvalue weighted by molar-refractivity contribution is -0.142. The lowest BCUT2D eigenvalue weighted by Crippen LogP contribution is -2.26. The van der Waals surface area contributed by atoms with Gasteiger partial charge in [-0.05, 0) is 35.7 Å². The van der Waals surface area contributed by atoms with Gasteiger partial charge in [0.15, 0.2) is 0 Å².